The number of thiazole rings is 1. The normalized spacial score (nSPS) is 17.1. The summed E-state index contributed by atoms with van der Waals surface area (Å²) in [5.74, 6) is 0.699. The number of nitrogens with one attached hydrogen (secondary N) is 1. The van der Waals surface area contributed by atoms with Crippen LogP contribution >= 0.6 is 11.3 Å². The van der Waals surface area contributed by atoms with Gasteiger partial charge in [0.15, 0.2) is 5.51 Å². The molecule has 0 saturated carbocycles. The zero-order valence-electron chi connectivity index (χ0n) is 5.70. The molecule has 2 amide bonds. The average Bonchev–Trinajstić information content (AvgIpc) is 2.55. The van der Waals surface area contributed by atoms with E-state index in [2.05, 4.69) is 15.8 Å². The molecule has 2 heterocycles. The van der Waals surface area contributed by atoms with Crippen LogP contribution < -0.4 is 10.2 Å². The van der Waals surface area contributed by atoms with E-state index in [4.69, 9.17) is 0 Å². The topological polar surface area (TPSA) is 45.2 Å². The minimum absolute atomic E-state index is 0.0655. The van der Waals surface area contributed by atoms with Crippen molar-refractivity contribution in [2.75, 3.05) is 18.0 Å². The molecule has 57 valence electrons. The monoisotopic (exact) mass is 168 g/mol. The fourth-order valence-corrected chi connectivity index (χ4v) is 1.48. The molecular weight excluding hydrogens is 162 g/mol. The van der Waals surface area contributed by atoms with E-state index >= 15 is 0 Å². The quantitative estimate of drug-likeness (QED) is 0.662. The summed E-state index contributed by atoms with van der Waals surface area (Å²) in [6, 6.07) is -0.0655. The first-order chi connectivity index (χ1) is 5.38. The molecule has 0 aromatic carbocycles. The lowest BCUT2D eigenvalue weighted by Gasteiger charge is -2.08. The second kappa shape index (κ2) is 2.50. The lowest BCUT2D eigenvalue weighted by atomic mass is 10.6. The lowest BCUT2D eigenvalue weighted by molar-refractivity contribution is 0.252. The molecule has 0 aliphatic carbocycles. The average molecular weight is 168 g/mol. The number of carbonyl (C=O) groups excluding carboxylic acids is 1. The van der Waals surface area contributed by atoms with Crippen molar-refractivity contribution >= 4 is 23.2 Å². The Hall–Kier alpha value is -1.10. The highest BCUT2D eigenvalue weighted by Gasteiger charge is 2.21. The third kappa shape index (κ3) is 1.07. The minimum Gasteiger partial charge on any atom is -0.336 e. The molecule has 0 spiro atoms. The largest absolute Gasteiger partial charge is 0.336 e. The number of amides is 2. The molecule has 0 atom stereocenters. The van der Waals surface area contributed by atoms with Gasteiger partial charge in [0.05, 0.1) is 0 Å². The Labute approximate surface area is 67.9 Å². The molecule has 0 unspecified atom stereocenters. The van der Waals surface area contributed by atoms with E-state index in [1.165, 1.54) is 11.3 Å². The Morgan fingerprint density at radius 3 is 3.27 bits per heavy atom. The van der Waals surface area contributed by atoms with Gasteiger partial charge in [0.2, 0.25) is 0 Å². The molecule has 4 nitrogen and oxygen atoms in total. The van der Waals surface area contributed by atoms with Gasteiger partial charge < -0.3 is 5.32 Å². The predicted octanol–water partition coefficient (Wildman–Crippen LogP) is 0.473. The number of carbonyl (C=O) groups is 1. The molecule has 1 aliphatic rings. The van der Waals surface area contributed by atoms with Crippen LogP contribution in [-0.4, -0.2) is 24.1 Å². The highest BCUT2D eigenvalue weighted by atomic mass is 32.1. The van der Waals surface area contributed by atoms with Crippen LogP contribution in [-0.2, 0) is 0 Å². The van der Waals surface area contributed by atoms with Gasteiger partial charge in [-0.1, -0.05) is 0 Å². The molecule has 1 saturated heterocycles. The molecule has 11 heavy (non-hydrogen) atoms. The van der Waals surface area contributed by atoms with Crippen LogP contribution in [0.3, 0.4) is 0 Å². The van der Waals surface area contributed by atoms with Crippen molar-refractivity contribution in [2.24, 2.45) is 0 Å². The highest BCUT2D eigenvalue weighted by molar-refractivity contribution is 7.07. The van der Waals surface area contributed by atoms with Gasteiger partial charge in [-0.15, -0.1) is 11.3 Å². The maximum atomic E-state index is 11.0. The van der Waals surface area contributed by atoms with Gasteiger partial charge in [0.25, 0.3) is 0 Å². The molecule has 5 heteroatoms. The SMILES string of the molecule is O=C1NCCN1c1cs[c]n1. The summed E-state index contributed by atoms with van der Waals surface area (Å²) >= 11 is 1.37. The van der Waals surface area contributed by atoms with Gasteiger partial charge in [-0.3, -0.25) is 4.90 Å². The maximum absolute atomic E-state index is 11.0. The van der Waals surface area contributed by atoms with Crippen LogP contribution in [0.2, 0.25) is 0 Å². The van der Waals surface area contributed by atoms with Crippen molar-refractivity contribution in [1.29, 1.82) is 0 Å². The number of aromatic nitrogens is 1. The molecule has 1 aromatic rings. The zero-order valence-corrected chi connectivity index (χ0v) is 6.52. The van der Waals surface area contributed by atoms with Crippen molar-refractivity contribution in [3.63, 3.8) is 0 Å². The van der Waals surface area contributed by atoms with E-state index in [1.807, 2.05) is 5.38 Å². The van der Waals surface area contributed by atoms with Crippen LogP contribution in [0, 0.1) is 5.51 Å². The van der Waals surface area contributed by atoms with Crippen molar-refractivity contribution in [1.82, 2.24) is 10.3 Å². The summed E-state index contributed by atoms with van der Waals surface area (Å²) in [7, 11) is 0. The third-order valence-corrected chi connectivity index (χ3v) is 2.04. The summed E-state index contributed by atoms with van der Waals surface area (Å²) < 4.78 is 0. The molecule has 1 N–H and O–H groups in total. The van der Waals surface area contributed by atoms with E-state index in [-0.39, 0.29) is 6.03 Å². The summed E-state index contributed by atoms with van der Waals surface area (Å²) in [6.45, 7) is 1.41. The minimum atomic E-state index is -0.0655. The van der Waals surface area contributed by atoms with Crippen molar-refractivity contribution in [3.05, 3.63) is 10.9 Å². The van der Waals surface area contributed by atoms with Crippen LogP contribution in [0.25, 0.3) is 0 Å². The number of anilines is 1. The summed E-state index contributed by atoms with van der Waals surface area (Å²) in [6.07, 6.45) is 0. The van der Waals surface area contributed by atoms with Gasteiger partial charge in [-0.05, 0) is 0 Å². The van der Waals surface area contributed by atoms with Crippen molar-refractivity contribution in [2.45, 2.75) is 0 Å². The Kier molecular flexibility index (Phi) is 1.50. The molecule has 1 fully saturated rings. The maximum Gasteiger partial charge on any atom is 0.323 e. The van der Waals surface area contributed by atoms with E-state index in [1.54, 1.807) is 4.90 Å². The smallest absolute Gasteiger partial charge is 0.323 e. The number of hydrogen-bond donors (Lipinski definition) is 1. The summed E-state index contributed by atoms with van der Waals surface area (Å²) in [5, 5.41) is 4.51. The fourth-order valence-electron chi connectivity index (χ4n) is 0.993. The molecule has 2 rings (SSSR count). The highest BCUT2D eigenvalue weighted by Crippen LogP contribution is 2.14. The number of rotatable bonds is 1. The van der Waals surface area contributed by atoms with Gasteiger partial charge >= 0.3 is 6.03 Å². The standard InChI is InChI=1S/C6H6N3OS/c10-6-7-1-2-9(6)5-3-11-4-8-5/h3H,1-2H2,(H,7,10). The molecule has 1 aromatic heterocycles. The van der Waals surface area contributed by atoms with Crippen molar-refractivity contribution in [3.8, 4) is 0 Å². The molecule has 0 bridgehead atoms. The van der Waals surface area contributed by atoms with Gasteiger partial charge in [-0.2, -0.15) is 0 Å². The Morgan fingerprint density at radius 2 is 2.73 bits per heavy atom. The van der Waals surface area contributed by atoms with Crippen molar-refractivity contribution < 1.29 is 4.79 Å². The first-order valence-electron chi connectivity index (χ1n) is 3.25. The van der Waals surface area contributed by atoms with Gasteiger partial charge in [0, 0.05) is 18.5 Å². The number of hydrogen-bond acceptors (Lipinski definition) is 3. The summed E-state index contributed by atoms with van der Waals surface area (Å²) in [5.41, 5.74) is 2.70. The first-order valence-corrected chi connectivity index (χ1v) is 4.13. The lowest BCUT2D eigenvalue weighted by Crippen LogP contribution is -2.27. The predicted molar refractivity (Wildman–Crippen MR) is 41.7 cm³/mol. The second-order valence-corrected chi connectivity index (χ2v) is 2.83. The second-order valence-electron chi connectivity index (χ2n) is 2.18. The number of nitrogens with zero attached hydrogens (tertiary/aromatic N) is 2. The van der Waals surface area contributed by atoms with Gasteiger partial charge in [0.1, 0.15) is 5.82 Å². The van der Waals surface area contributed by atoms with Gasteiger partial charge in [-0.25, -0.2) is 9.78 Å². The van der Waals surface area contributed by atoms with Crippen LogP contribution in [0.1, 0.15) is 0 Å². The van der Waals surface area contributed by atoms with Crippen LogP contribution in [0.5, 0.6) is 0 Å². The van der Waals surface area contributed by atoms with E-state index < -0.39 is 0 Å². The number of urea groups is 1. The molecular formula is C6H6N3OS. The Morgan fingerprint density at radius 1 is 1.82 bits per heavy atom. The first kappa shape index (κ1) is 6.60. The zero-order chi connectivity index (χ0) is 7.68. The third-order valence-electron chi connectivity index (χ3n) is 1.51. The van der Waals surface area contributed by atoms with E-state index in [9.17, 15) is 4.79 Å². The van der Waals surface area contributed by atoms with Crippen LogP contribution in [0.4, 0.5) is 10.6 Å². The molecule has 1 radical (unpaired) electrons. The fraction of sp³-hybridized carbons (Fsp3) is 0.333. The molecule has 1 aliphatic heterocycles. The van der Waals surface area contributed by atoms with E-state index in [0.29, 0.717) is 18.9 Å². The van der Waals surface area contributed by atoms with E-state index in [0.717, 1.165) is 0 Å². The Bertz CT molecular complexity index is 259. The Balaban J connectivity index is 2.23. The summed E-state index contributed by atoms with van der Waals surface area (Å²) in [4.78, 5) is 16.5. The van der Waals surface area contributed by atoms with Crippen LogP contribution in [0.15, 0.2) is 5.38 Å².